The quantitative estimate of drug-likeness (QED) is 0.691. The summed E-state index contributed by atoms with van der Waals surface area (Å²) in [6.07, 6.45) is 0.136. The van der Waals surface area contributed by atoms with Crippen molar-refractivity contribution >= 4 is 27.4 Å². The Kier molecular flexibility index (Phi) is 3.28. The van der Waals surface area contributed by atoms with Crippen molar-refractivity contribution in [1.82, 2.24) is 4.98 Å². The summed E-state index contributed by atoms with van der Waals surface area (Å²) in [6.45, 7) is 1.81. The molecule has 0 bridgehead atoms. The van der Waals surface area contributed by atoms with Gasteiger partial charge in [-0.05, 0) is 24.4 Å². The summed E-state index contributed by atoms with van der Waals surface area (Å²) < 4.78 is 11.5. The molecule has 3 aromatic rings. The van der Waals surface area contributed by atoms with E-state index in [1.54, 1.807) is 11.3 Å². The molecule has 0 saturated carbocycles. The summed E-state index contributed by atoms with van der Waals surface area (Å²) in [4.78, 5) is 16.7. The largest absolute Gasteiger partial charge is 0.469 e. The number of oxazole rings is 1. The maximum absolute atomic E-state index is 11.3. The Morgan fingerprint density at radius 3 is 2.95 bits per heavy atom. The van der Waals surface area contributed by atoms with Crippen LogP contribution in [0.4, 0.5) is 0 Å². The number of carbonyl (C=O) groups excluding carboxylic acids is 1. The third kappa shape index (κ3) is 2.32. The van der Waals surface area contributed by atoms with E-state index in [9.17, 15) is 4.79 Å². The van der Waals surface area contributed by atoms with Gasteiger partial charge < -0.3 is 9.15 Å². The number of thiophene rings is 1. The lowest BCUT2D eigenvalue weighted by atomic mass is 10.2. The molecule has 0 aliphatic rings. The second kappa shape index (κ2) is 5.09. The van der Waals surface area contributed by atoms with Crippen LogP contribution >= 0.6 is 11.3 Å². The molecule has 0 atom stereocenters. The molecule has 0 unspecified atom stereocenters. The maximum Gasteiger partial charge on any atom is 0.311 e. The molecule has 0 amide bonds. The van der Waals surface area contributed by atoms with E-state index in [-0.39, 0.29) is 12.4 Å². The minimum Gasteiger partial charge on any atom is -0.469 e. The second-order valence-electron chi connectivity index (χ2n) is 4.42. The number of nitrogens with zero attached hydrogens (tertiary/aromatic N) is 1. The monoisotopic (exact) mass is 287 g/mol. The highest BCUT2D eigenvalue weighted by Crippen LogP contribution is 2.33. The van der Waals surface area contributed by atoms with Gasteiger partial charge in [0, 0.05) is 4.70 Å². The van der Waals surface area contributed by atoms with Gasteiger partial charge >= 0.3 is 5.97 Å². The topological polar surface area (TPSA) is 52.3 Å². The Morgan fingerprint density at radius 1 is 1.40 bits per heavy atom. The van der Waals surface area contributed by atoms with E-state index in [1.807, 2.05) is 25.1 Å². The molecular weight excluding hydrogens is 274 g/mol. The van der Waals surface area contributed by atoms with Gasteiger partial charge in [-0.1, -0.05) is 18.2 Å². The van der Waals surface area contributed by atoms with Crippen LogP contribution in [-0.4, -0.2) is 18.1 Å². The number of hydrogen-bond acceptors (Lipinski definition) is 5. The molecule has 3 rings (SSSR count). The van der Waals surface area contributed by atoms with Gasteiger partial charge in [-0.25, -0.2) is 4.98 Å². The molecule has 2 heterocycles. The minimum absolute atomic E-state index is 0.136. The number of benzene rings is 1. The molecule has 2 aromatic heterocycles. The van der Waals surface area contributed by atoms with Crippen molar-refractivity contribution in [2.75, 3.05) is 7.11 Å². The first-order chi connectivity index (χ1) is 9.67. The smallest absolute Gasteiger partial charge is 0.311 e. The average molecular weight is 287 g/mol. The van der Waals surface area contributed by atoms with Crippen molar-refractivity contribution in [1.29, 1.82) is 0 Å². The number of carbonyl (C=O) groups is 1. The number of aromatic nitrogens is 1. The van der Waals surface area contributed by atoms with Crippen LogP contribution in [0.3, 0.4) is 0 Å². The Balaban J connectivity index is 1.97. The van der Waals surface area contributed by atoms with Crippen LogP contribution in [0.15, 0.2) is 34.7 Å². The molecule has 1 aromatic carbocycles. The van der Waals surface area contributed by atoms with Crippen LogP contribution in [0.5, 0.6) is 0 Å². The van der Waals surface area contributed by atoms with Crippen LogP contribution in [0, 0.1) is 6.92 Å². The SMILES string of the molecule is COC(=O)Cc1nc(-c2cc3ccccc3s2)oc1C. The van der Waals surface area contributed by atoms with E-state index in [4.69, 9.17) is 4.42 Å². The fourth-order valence-corrected chi connectivity index (χ4v) is 2.98. The third-order valence-electron chi connectivity index (χ3n) is 3.07. The zero-order chi connectivity index (χ0) is 14.1. The summed E-state index contributed by atoms with van der Waals surface area (Å²) in [7, 11) is 1.37. The van der Waals surface area contributed by atoms with Gasteiger partial charge in [-0.2, -0.15) is 0 Å². The molecule has 0 aliphatic heterocycles. The van der Waals surface area contributed by atoms with Crippen molar-refractivity contribution < 1.29 is 13.9 Å². The number of esters is 1. The number of hydrogen-bond donors (Lipinski definition) is 0. The average Bonchev–Trinajstić information content (AvgIpc) is 3.02. The molecule has 0 N–H and O–H groups in total. The molecule has 20 heavy (non-hydrogen) atoms. The molecule has 0 spiro atoms. The molecule has 5 heteroatoms. The van der Waals surface area contributed by atoms with Gasteiger partial charge in [-0.15, -0.1) is 11.3 Å². The summed E-state index contributed by atoms with van der Waals surface area (Å²) >= 11 is 1.62. The summed E-state index contributed by atoms with van der Waals surface area (Å²) in [5.41, 5.74) is 0.629. The summed E-state index contributed by atoms with van der Waals surface area (Å²) in [5.74, 6) is 0.898. The lowest BCUT2D eigenvalue weighted by Crippen LogP contribution is -2.05. The highest BCUT2D eigenvalue weighted by Gasteiger charge is 2.16. The standard InChI is InChI=1S/C15H13NO3S/c1-9-11(8-14(17)18-2)16-15(19-9)13-7-10-5-3-4-6-12(10)20-13/h3-7H,8H2,1-2H3. The van der Waals surface area contributed by atoms with Crippen LogP contribution in [0.2, 0.25) is 0 Å². The zero-order valence-electron chi connectivity index (χ0n) is 11.2. The molecule has 0 radical (unpaired) electrons. The predicted octanol–water partition coefficient (Wildman–Crippen LogP) is 3.58. The second-order valence-corrected chi connectivity index (χ2v) is 5.51. The third-order valence-corrected chi connectivity index (χ3v) is 4.17. The number of methoxy groups -OCH3 is 1. The van der Waals surface area contributed by atoms with Crippen molar-refractivity contribution in [3.8, 4) is 10.8 Å². The van der Waals surface area contributed by atoms with Gasteiger partial charge in [0.25, 0.3) is 0 Å². The highest BCUT2D eigenvalue weighted by molar-refractivity contribution is 7.22. The van der Waals surface area contributed by atoms with E-state index in [2.05, 4.69) is 21.9 Å². The normalized spacial score (nSPS) is 10.9. The summed E-state index contributed by atoms with van der Waals surface area (Å²) in [5, 5.41) is 1.16. The van der Waals surface area contributed by atoms with Gasteiger partial charge in [0.1, 0.15) is 5.76 Å². The van der Waals surface area contributed by atoms with Crippen LogP contribution in [0.25, 0.3) is 20.9 Å². The maximum atomic E-state index is 11.3. The van der Waals surface area contributed by atoms with E-state index >= 15 is 0 Å². The Hall–Kier alpha value is -2.14. The Morgan fingerprint density at radius 2 is 2.20 bits per heavy atom. The van der Waals surface area contributed by atoms with Gasteiger partial charge in [0.2, 0.25) is 5.89 Å². The molecular formula is C15H13NO3S. The van der Waals surface area contributed by atoms with Crippen LogP contribution in [-0.2, 0) is 16.0 Å². The first-order valence-electron chi connectivity index (χ1n) is 6.19. The molecule has 102 valence electrons. The fourth-order valence-electron chi connectivity index (χ4n) is 1.99. The van der Waals surface area contributed by atoms with Crippen molar-refractivity contribution in [3.05, 3.63) is 41.8 Å². The van der Waals surface area contributed by atoms with E-state index in [0.29, 0.717) is 17.3 Å². The summed E-state index contributed by atoms with van der Waals surface area (Å²) in [6, 6.07) is 10.2. The minimum atomic E-state index is -0.315. The highest BCUT2D eigenvalue weighted by atomic mass is 32.1. The fraction of sp³-hybridized carbons (Fsp3) is 0.200. The molecule has 0 fully saturated rings. The Bertz CT molecular complexity index is 739. The number of aryl methyl sites for hydroxylation is 1. The van der Waals surface area contributed by atoms with E-state index in [0.717, 1.165) is 10.3 Å². The van der Waals surface area contributed by atoms with Crippen LogP contribution < -0.4 is 0 Å². The molecule has 4 nitrogen and oxygen atoms in total. The molecule has 0 aliphatic carbocycles. The zero-order valence-corrected chi connectivity index (χ0v) is 12.0. The number of ether oxygens (including phenoxy) is 1. The number of fused-ring (bicyclic) bond motifs is 1. The predicted molar refractivity (Wildman–Crippen MR) is 77.8 cm³/mol. The van der Waals surface area contributed by atoms with Crippen molar-refractivity contribution in [2.24, 2.45) is 0 Å². The van der Waals surface area contributed by atoms with E-state index in [1.165, 1.54) is 11.8 Å². The van der Waals surface area contributed by atoms with Gasteiger partial charge in [0.15, 0.2) is 0 Å². The molecule has 0 saturated heterocycles. The van der Waals surface area contributed by atoms with Gasteiger partial charge in [-0.3, -0.25) is 4.79 Å². The Labute approximate surface area is 120 Å². The first-order valence-corrected chi connectivity index (χ1v) is 7.01. The first kappa shape index (κ1) is 12.9. The lowest BCUT2D eigenvalue weighted by Gasteiger charge is -1.94. The van der Waals surface area contributed by atoms with Crippen molar-refractivity contribution in [2.45, 2.75) is 13.3 Å². The lowest BCUT2D eigenvalue weighted by molar-refractivity contribution is -0.139. The van der Waals surface area contributed by atoms with Crippen molar-refractivity contribution in [3.63, 3.8) is 0 Å². The number of rotatable bonds is 3. The van der Waals surface area contributed by atoms with Crippen LogP contribution in [0.1, 0.15) is 11.5 Å². The van der Waals surface area contributed by atoms with E-state index < -0.39 is 0 Å². The van der Waals surface area contributed by atoms with Gasteiger partial charge in [0.05, 0.1) is 24.1 Å².